The van der Waals surface area contributed by atoms with Gasteiger partial charge in [0.2, 0.25) is 0 Å². The van der Waals surface area contributed by atoms with Crippen molar-refractivity contribution in [1.29, 1.82) is 5.26 Å². The van der Waals surface area contributed by atoms with Gasteiger partial charge in [0.25, 0.3) is 11.8 Å². The maximum Gasteiger partial charge on any atom is 0.271 e. The number of carbonyl (C=O) groups excluding carboxylic acids is 2. The molecule has 0 saturated carbocycles. The quantitative estimate of drug-likeness (QED) is 0.231. The molecule has 4 nitrogen and oxygen atoms in total. The summed E-state index contributed by atoms with van der Waals surface area (Å²) in [5, 5.41) is 11.4. The Labute approximate surface area is 178 Å². The van der Waals surface area contributed by atoms with Crippen LogP contribution in [0, 0.1) is 11.3 Å². The molecule has 0 saturated heterocycles. The predicted octanol–water partition coefficient (Wildman–Crippen LogP) is 6.26. The summed E-state index contributed by atoms with van der Waals surface area (Å²) in [5.41, 5.74) is 1.02. The zero-order chi connectivity index (χ0) is 21.1. The molecule has 2 amide bonds. The van der Waals surface area contributed by atoms with Crippen molar-refractivity contribution >= 4 is 29.2 Å². The van der Waals surface area contributed by atoms with Gasteiger partial charge in [-0.2, -0.15) is 5.26 Å². The lowest BCUT2D eigenvalue weighted by atomic mass is 9.94. The number of nitrogens with zero attached hydrogens (tertiary/aromatic N) is 2. The molecule has 0 aromatic carbocycles. The van der Waals surface area contributed by atoms with Crippen LogP contribution in [0.5, 0.6) is 0 Å². The molecule has 1 aromatic rings. The molecule has 156 valence electrons. The van der Waals surface area contributed by atoms with Gasteiger partial charge in [0.05, 0.1) is 0 Å². The Morgan fingerprint density at radius 2 is 1.62 bits per heavy atom. The minimum Gasteiger partial charge on any atom is -0.274 e. The molecule has 0 radical (unpaired) electrons. The second-order valence-corrected chi connectivity index (χ2v) is 8.61. The van der Waals surface area contributed by atoms with Gasteiger partial charge in [-0.1, -0.05) is 70.8 Å². The largest absolute Gasteiger partial charge is 0.274 e. The summed E-state index contributed by atoms with van der Waals surface area (Å²) in [6.45, 7) is 4.30. The standard InChI is InChI=1S/C24H32N2O2S/c1-3-4-5-6-7-8-9-10-11-12-15-26-23(27)21(17-20-14-13-16-29-20)19(2)22(18-25)24(26)28/h13-14,16-17H,3-12,15H2,1-2H3/b21-17+. The van der Waals surface area contributed by atoms with E-state index in [1.165, 1.54) is 61.2 Å². The highest BCUT2D eigenvalue weighted by Crippen LogP contribution is 2.28. The van der Waals surface area contributed by atoms with Crippen LogP contribution in [-0.2, 0) is 9.59 Å². The van der Waals surface area contributed by atoms with Crippen molar-refractivity contribution in [1.82, 2.24) is 4.90 Å². The van der Waals surface area contributed by atoms with E-state index in [2.05, 4.69) is 6.92 Å². The normalized spacial score (nSPS) is 16.0. The van der Waals surface area contributed by atoms with Gasteiger partial charge in [0, 0.05) is 17.0 Å². The van der Waals surface area contributed by atoms with Gasteiger partial charge in [-0.15, -0.1) is 11.3 Å². The molecule has 0 N–H and O–H groups in total. The van der Waals surface area contributed by atoms with E-state index in [1.54, 1.807) is 13.0 Å². The lowest BCUT2D eigenvalue weighted by Gasteiger charge is -2.27. The maximum atomic E-state index is 12.9. The minimum absolute atomic E-state index is 0.0829. The molecule has 0 bridgehead atoms. The average molecular weight is 413 g/mol. The highest BCUT2D eigenvalue weighted by atomic mass is 32.1. The molecular weight excluding hydrogens is 380 g/mol. The summed E-state index contributed by atoms with van der Waals surface area (Å²) < 4.78 is 0. The molecule has 5 heteroatoms. The number of imide groups is 1. The molecule has 1 aliphatic rings. The van der Waals surface area contributed by atoms with Gasteiger partial charge in [0.15, 0.2) is 0 Å². The van der Waals surface area contributed by atoms with Gasteiger partial charge in [-0.3, -0.25) is 14.5 Å². The Balaban J connectivity index is 1.86. The number of carbonyl (C=O) groups is 2. The first-order valence-electron chi connectivity index (χ1n) is 10.8. The summed E-state index contributed by atoms with van der Waals surface area (Å²) in [7, 11) is 0. The highest BCUT2D eigenvalue weighted by Gasteiger charge is 2.34. The summed E-state index contributed by atoms with van der Waals surface area (Å²) in [4.78, 5) is 27.7. The Hall–Kier alpha value is -2.19. The first-order valence-corrected chi connectivity index (χ1v) is 11.7. The average Bonchev–Trinajstić information content (AvgIpc) is 3.22. The second kappa shape index (κ2) is 12.4. The van der Waals surface area contributed by atoms with Gasteiger partial charge in [-0.25, -0.2) is 0 Å². The second-order valence-electron chi connectivity index (χ2n) is 7.63. The van der Waals surface area contributed by atoms with Crippen molar-refractivity contribution in [2.24, 2.45) is 0 Å². The van der Waals surface area contributed by atoms with E-state index in [0.29, 0.717) is 17.7 Å². The van der Waals surface area contributed by atoms with E-state index in [1.807, 2.05) is 23.6 Å². The third-order valence-electron chi connectivity index (χ3n) is 5.39. The molecule has 0 spiro atoms. The van der Waals surface area contributed by atoms with E-state index in [0.717, 1.165) is 24.1 Å². The van der Waals surface area contributed by atoms with Crippen LogP contribution in [0.4, 0.5) is 0 Å². The van der Waals surface area contributed by atoms with Crippen LogP contribution < -0.4 is 0 Å². The predicted molar refractivity (Wildman–Crippen MR) is 119 cm³/mol. The number of nitriles is 1. The Morgan fingerprint density at radius 3 is 2.17 bits per heavy atom. The van der Waals surface area contributed by atoms with Crippen molar-refractivity contribution < 1.29 is 9.59 Å². The monoisotopic (exact) mass is 412 g/mol. The number of unbranched alkanes of at least 4 members (excludes halogenated alkanes) is 9. The summed E-state index contributed by atoms with van der Waals surface area (Å²) in [6.07, 6.45) is 13.8. The molecule has 29 heavy (non-hydrogen) atoms. The molecule has 2 heterocycles. The zero-order valence-electron chi connectivity index (χ0n) is 17.7. The van der Waals surface area contributed by atoms with Crippen LogP contribution in [0.2, 0.25) is 0 Å². The van der Waals surface area contributed by atoms with Crippen LogP contribution in [0.1, 0.15) is 82.9 Å². The van der Waals surface area contributed by atoms with E-state index in [-0.39, 0.29) is 11.5 Å². The van der Waals surface area contributed by atoms with Crippen molar-refractivity contribution in [3.63, 3.8) is 0 Å². The number of hydrogen-bond acceptors (Lipinski definition) is 4. The highest BCUT2D eigenvalue weighted by molar-refractivity contribution is 7.10. The molecule has 1 aromatic heterocycles. The van der Waals surface area contributed by atoms with Crippen LogP contribution in [0.25, 0.3) is 6.08 Å². The number of amides is 2. The summed E-state index contributed by atoms with van der Waals surface area (Å²) in [5.74, 6) is -0.731. The molecule has 2 rings (SSSR count). The Kier molecular flexibility index (Phi) is 9.87. The lowest BCUT2D eigenvalue weighted by molar-refractivity contribution is -0.140. The van der Waals surface area contributed by atoms with E-state index >= 15 is 0 Å². The number of hydrogen-bond donors (Lipinski definition) is 0. The van der Waals surface area contributed by atoms with Crippen LogP contribution in [0.3, 0.4) is 0 Å². The molecule has 0 atom stereocenters. The summed E-state index contributed by atoms with van der Waals surface area (Å²) in [6, 6.07) is 5.84. The molecule has 1 aliphatic heterocycles. The van der Waals surface area contributed by atoms with E-state index in [9.17, 15) is 14.9 Å². The van der Waals surface area contributed by atoms with Crippen LogP contribution in [0.15, 0.2) is 34.2 Å². The molecule has 0 fully saturated rings. The number of thiophene rings is 1. The van der Waals surface area contributed by atoms with Gasteiger partial charge < -0.3 is 0 Å². The zero-order valence-corrected chi connectivity index (χ0v) is 18.5. The van der Waals surface area contributed by atoms with E-state index < -0.39 is 5.91 Å². The Bertz CT molecular complexity index is 784. The minimum atomic E-state index is -0.450. The van der Waals surface area contributed by atoms with Crippen molar-refractivity contribution in [2.75, 3.05) is 6.54 Å². The number of rotatable bonds is 12. The fourth-order valence-corrected chi connectivity index (χ4v) is 4.26. The first kappa shape index (κ1) is 23.1. The van der Waals surface area contributed by atoms with Gasteiger partial charge >= 0.3 is 0 Å². The molecular formula is C24H32N2O2S. The van der Waals surface area contributed by atoms with Crippen molar-refractivity contribution in [3.05, 3.63) is 39.1 Å². The van der Waals surface area contributed by atoms with E-state index in [4.69, 9.17) is 0 Å². The molecule has 0 unspecified atom stereocenters. The third kappa shape index (κ3) is 6.68. The topological polar surface area (TPSA) is 61.2 Å². The third-order valence-corrected chi connectivity index (χ3v) is 6.21. The smallest absolute Gasteiger partial charge is 0.271 e. The molecule has 0 aliphatic carbocycles. The Morgan fingerprint density at radius 1 is 1.00 bits per heavy atom. The van der Waals surface area contributed by atoms with Crippen LogP contribution >= 0.6 is 11.3 Å². The fourth-order valence-electron chi connectivity index (χ4n) is 3.61. The van der Waals surface area contributed by atoms with Gasteiger partial charge in [-0.05, 0) is 36.4 Å². The maximum absolute atomic E-state index is 12.9. The van der Waals surface area contributed by atoms with Gasteiger partial charge in [0.1, 0.15) is 11.6 Å². The SMILES string of the molecule is CCCCCCCCCCCCN1C(=O)C(C#N)=C(C)/C(=C\c2cccs2)C1=O. The fraction of sp³-hybridized carbons (Fsp3) is 0.542. The first-order chi connectivity index (χ1) is 14.1. The lowest BCUT2D eigenvalue weighted by Crippen LogP contribution is -2.43. The van der Waals surface area contributed by atoms with Crippen LogP contribution in [-0.4, -0.2) is 23.3 Å². The van der Waals surface area contributed by atoms with Crippen molar-refractivity contribution in [2.45, 2.75) is 78.1 Å². The summed E-state index contributed by atoms with van der Waals surface area (Å²) >= 11 is 1.53. The van der Waals surface area contributed by atoms with Crippen molar-refractivity contribution in [3.8, 4) is 6.07 Å².